The quantitative estimate of drug-likeness (QED) is 0.745. The van der Waals surface area contributed by atoms with Crippen LogP contribution in [-0.2, 0) is 17.8 Å². The fourth-order valence-corrected chi connectivity index (χ4v) is 2.51. The first-order chi connectivity index (χ1) is 12.0. The molecule has 0 aliphatic carbocycles. The van der Waals surface area contributed by atoms with E-state index in [2.05, 4.69) is 20.8 Å². The van der Waals surface area contributed by atoms with Gasteiger partial charge < -0.3 is 20.3 Å². The van der Waals surface area contributed by atoms with Crippen molar-refractivity contribution in [2.45, 2.75) is 13.0 Å². The molecular formula is C17H21N5O3. The number of carbonyl (C=O) groups is 2. The van der Waals surface area contributed by atoms with E-state index in [0.29, 0.717) is 23.7 Å². The van der Waals surface area contributed by atoms with E-state index in [4.69, 9.17) is 4.74 Å². The molecule has 0 radical (unpaired) electrons. The van der Waals surface area contributed by atoms with Gasteiger partial charge in [0, 0.05) is 50.6 Å². The van der Waals surface area contributed by atoms with Crippen molar-refractivity contribution in [2.75, 3.05) is 32.6 Å². The van der Waals surface area contributed by atoms with Crippen molar-refractivity contribution in [3.05, 3.63) is 41.2 Å². The molecule has 1 aliphatic heterocycles. The van der Waals surface area contributed by atoms with E-state index in [9.17, 15) is 9.59 Å². The summed E-state index contributed by atoms with van der Waals surface area (Å²) in [5.41, 5.74) is 2.99. The summed E-state index contributed by atoms with van der Waals surface area (Å²) < 4.78 is 5.41. The second kappa shape index (κ2) is 7.35. The summed E-state index contributed by atoms with van der Waals surface area (Å²) in [6.45, 7) is 1.50. The van der Waals surface area contributed by atoms with E-state index >= 15 is 0 Å². The maximum Gasteiger partial charge on any atom is 0.276 e. The Morgan fingerprint density at radius 1 is 1.28 bits per heavy atom. The number of hydrogen-bond donors (Lipinski definition) is 3. The highest BCUT2D eigenvalue weighted by atomic mass is 16.5. The molecule has 132 valence electrons. The van der Waals surface area contributed by atoms with E-state index in [1.54, 1.807) is 38.4 Å². The highest BCUT2D eigenvalue weighted by Crippen LogP contribution is 2.19. The van der Waals surface area contributed by atoms with Crippen LogP contribution in [0, 0.1) is 0 Å². The van der Waals surface area contributed by atoms with Crippen molar-refractivity contribution in [2.24, 2.45) is 0 Å². The third-order valence-electron chi connectivity index (χ3n) is 3.99. The van der Waals surface area contributed by atoms with Gasteiger partial charge in [-0.15, -0.1) is 0 Å². The van der Waals surface area contributed by atoms with E-state index in [0.717, 1.165) is 24.2 Å². The van der Waals surface area contributed by atoms with E-state index in [-0.39, 0.29) is 18.4 Å². The van der Waals surface area contributed by atoms with Gasteiger partial charge in [-0.05, 0) is 24.3 Å². The third-order valence-corrected chi connectivity index (χ3v) is 3.99. The van der Waals surface area contributed by atoms with E-state index < -0.39 is 0 Å². The molecule has 2 heterocycles. The van der Waals surface area contributed by atoms with Crippen LogP contribution in [0.4, 0.5) is 5.69 Å². The van der Waals surface area contributed by atoms with Gasteiger partial charge in [-0.3, -0.25) is 14.7 Å². The number of nitrogens with zero attached hydrogens (tertiary/aromatic N) is 2. The molecule has 2 aromatic rings. The van der Waals surface area contributed by atoms with Gasteiger partial charge in [0.15, 0.2) is 12.3 Å². The van der Waals surface area contributed by atoms with Crippen LogP contribution < -0.4 is 15.4 Å². The summed E-state index contributed by atoms with van der Waals surface area (Å²) >= 11 is 0. The van der Waals surface area contributed by atoms with Gasteiger partial charge in [0.05, 0.1) is 0 Å². The zero-order valence-electron chi connectivity index (χ0n) is 14.3. The molecule has 1 aromatic heterocycles. The first-order valence-electron chi connectivity index (χ1n) is 8.06. The summed E-state index contributed by atoms with van der Waals surface area (Å²) in [5, 5.41) is 13.1. The zero-order valence-corrected chi connectivity index (χ0v) is 14.3. The lowest BCUT2D eigenvalue weighted by molar-refractivity contribution is -0.130. The first-order valence-corrected chi connectivity index (χ1v) is 8.06. The smallest absolute Gasteiger partial charge is 0.276 e. The zero-order chi connectivity index (χ0) is 17.8. The van der Waals surface area contributed by atoms with Gasteiger partial charge in [-0.25, -0.2) is 0 Å². The summed E-state index contributed by atoms with van der Waals surface area (Å²) in [5.74, 6) is 0.196. The number of aromatic amines is 1. The number of nitrogens with one attached hydrogen (secondary N) is 3. The van der Waals surface area contributed by atoms with Crippen LogP contribution in [0.5, 0.6) is 5.75 Å². The molecule has 0 atom stereocenters. The van der Waals surface area contributed by atoms with Crippen LogP contribution >= 0.6 is 0 Å². The Hall–Kier alpha value is -2.87. The van der Waals surface area contributed by atoms with Crippen molar-refractivity contribution in [1.29, 1.82) is 0 Å². The lowest BCUT2D eigenvalue weighted by Crippen LogP contribution is -2.27. The average molecular weight is 343 g/mol. The topological polar surface area (TPSA) is 99.3 Å². The van der Waals surface area contributed by atoms with E-state index in [1.807, 2.05) is 0 Å². The molecular weight excluding hydrogens is 322 g/mol. The number of carbonyl (C=O) groups excluding carboxylic acids is 2. The van der Waals surface area contributed by atoms with Gasteiger partial charge in [0.25, 0.3) is 11.8 Å². The Morgan fingerprint density at radius 3 is 2.76 bits per heavy atom. The molecule has 0 fully saturated rings. The number of fused-ring (bicyclic) bond motifs is 1. The molecule has 25 heavy (non-hydrogen) atoms. The maximum atomic E-state index is 12.4. The first kappa shape index (κ1) is 17.0. The Bertz CT molecular complexity index is 767. The predicted molar refractivity (Wildman–Crippen MR) is 92.6 cm³/mol. The molecule has 0 bridgehead atoms. The molecule has 3 N–H and O–H groups in total. The number of benzene rings is 1. The summed E-state index contributed by atoms with van der Waals surface area (Å²) in [4.78, 5) is 25.4. The molecule has 1 aliphatic rings. The second-order valence-corrected chi connectivity index (χ2v) is 6.01. The van der Waals surface area contributed by atoms with Gasteiger partial charge in [0.2, 0.25) is 0 Å². The number of H-pyrrole nitrogens is 1. The fourth-order valence-electron chi connectivity index (χ4n) is 2.51. The number of anilines is 1. The fraction of sp³-hybridized carbons (Fsp3) is 0.353. The number of rotatable bonds is 5. The monoisotopic (exact) mass is 343 g/mol. The number of amides is 2. The van der Waals surface area contributed by atoms with Crippen molar-refractivity contribution in [3.63, 3.8) is 0 Å². The molecule has 0 unspecified atom stereocenters. The third kappa shape index (κ3) is 3.97. The van der Waals surface area contributed by atoms with Gasteiger partial charge in [-0.2, -0.15) is 5.10 Å². The number of hydrogen-bond acceptors (Lipinski definition) is 5. The van der Waals surface area contributed by atoms with Gasteiger partial charge in [-0.1, -0.05) is 0 Å². The summed E-state index contributed by atoms with van der Waals surface area (Å²) in [6.07, 6.45) is 0.841. The lowest BCUT2D eigenvalue weighted by atomic mass is 10.1. The van der Waals surface area contributed by atoms with Crippen molar-refractivity contribution >= 4 is 17.5 Å². The largest absolute Gasteiger partial charge is 0.484 e. The molecule has 2 amide bonds. The minimum atomic E-state index is -0.252. The van der Waals surface area contributed by atoms with Crippen molar-refractivity contribution in [1.82, 2.24) is 20.4 Å². The number of aromatic nitrogens is 2. The molecule has 0 saturated heterocycles. The molecule has 1 aromatic carbocycles. The summed E-state index contributed by atoms with van der Waals surface area (Å²) in [7, 11) is 3.35. The van der Waals surface area contributed by atoms with Crippen LogP contribution in [0.2, 0.25) is 0 Å². The van der Waals surface area contributed by atoms with Gasteiger partial charge >= 0.3 is 0 Å². The second-order valence-electron chi connectivity index (χ2n) is 6.01. The van der Waals surface area contributed by atoms with Crippen LogP contribution in [0.15, 0.2) is 24.3 Å². The summed E-state index contributed by atoms with van der Waals surface area (Å²) in [6, 6.07) is 6.87. The molecule has 0 saturated carbocycles. The average Bonchev–Trinajstić information content (AvgIpc) is 3.05. The van der Waals surface area contributed by atoms with Crippen molar-refractivity contribution in [3.8, 4) is 5.75 Å². The van der Waals surface area contributed by atoms with Crippen LogP contribution in [0.25, 0.3) is 0 Å². The lowest BCUT2D eigenvalue weighted by Gasteiger charge is -2.13. The molecule has 3 rings (SSSR count). The SMILES string of the molecule is CN(C)C(=O)COc1ccc(NC(=O)c2n[nH]c3c2CNCC3)cc1. The number of ether oxygens (including phenoxy) is 1. The maximum absolute atomic E-state index is 12.4. The van der Waals surface area contributed by atoms with Gasteiger partial charge in [0.1, 0.15) is 5.75 Å². The van der Waals surface area contributed by atoms with Crippen LogP contribution in [0.1, 0.15) is 21.7 Å². The Morgan fingerprint density at radius 2 is 2.04 bits per heavy atom. The number of likely N-dealkylation sites (N-methyl/N-ethyl adjacent to an activating group) is 1. The molecule has 8 heteroatoms. The van der Waals surface area contributed by atoms with E-state index in [1.165, 1.54) is 4.90 Å². The standard InChI is InChI=1S/C17H21N5O3/c1-22(2)15(23)10-25-12-5-3-11(4-6-12)19-17(24)16-13-9-18-8-7-14(13)20-21-16/h3-6,18H,7-10H2,1-2H3,(H,19,24)(H,20,21). The normalized spacial score (nSPS) is 13.0. The van der Waals surface area contributed by atoms with Crippen molar-refractivity contribution < 1.29 is 14.3 Å². The Labute approximate surface area is 145 Å². The minimum Gasteiger partial charge on any atom is -0.484 e. The Balaban J connectivity index is 1.60. The highest BCUT2D eigenvalue weighted by molar-refractivity contribution is 6.04. The van der Waals surface area contributed by atoms with Crippen LogP contribution in [-0.4, -0.2) is 54.2 Å². The molecule has 0 spiro atoms. The van der Waals surface area contributed by atoms with Crippen LogP contribution in [0.3, 0.4) is 0 Å². The minimum absolute atomic E-state index is 0.0227. The highest BCUT2D eigenvalue weighted by Gasteiger charge is 2.21. The Kier molecular flexibility index (Phi) is 4.99. The molecule has 8 nitrogen and oxygen atoms in total. The predicted octanol–water partition coefficient (Wildman–Crippen LogP) is 0.775.